The van der Waals surface area contributed by atoms with Crippen molar-refractivity contribution in [2.24, 2.45) is 0 Å². The number of aryl methyl sites for hydroxylation is 1. The second kappa shape index (κ2) is 5.22. The van der Waals surface area contributed by atoms with Crippen LogP contribution in [0.1, 0.15) is 22.6 Å². The van der Waals surface area contributed by atoms with Gasteiger partial charge in [-0.1, -0.05) is 18.2 Å². The Balaban J connectivity index is 1.87. The number of benzene rings is 1. The Morgan fingerprint density at radius 2 is 2.00 bits per heavy atom. The summed E-state index contributed by atoms with van der Waals surface area (Å²) in [6.45, 7) is 4.05. The molecule has 0 fully saturated rings. The van der Waals surface area contributed by atoms with Gasteiger partial charge >= 0.3 is 5.69 Å². The van der Waals surface area contributed by atoms with Crippen molar-refractivity contribution < 1.29 is 4.79 Å². The Morgan fingerprint density at radius 1 is 1.27 bits per heavy atom. The van der Waals surface area contributed by atoms with E-state index in [1.54, 1.807) is 15.3 Å². The first-order chi connectivity index (χ1) is 10.5. The van der Waals surface area contributed by atoms with E-state index in [0.717, 1.165) is 22.3 Å². The van der Waals surface area contributed by atoms with Gasteiger partial charge in [-0.05, 0) is 19.9 Å². The Morgan fingerprint density at radius 3 is 2.68 bits per heavy atom. The third-order valence-electron chi connectivity index (χ3n) is 4.05. The molecule has 0 atom stereocenters. The van der Waals surface area contributed by atoms with Crippen LogP contribution in [-0.2, 0) is 6.54 Å². The second-order valence-corrected chi connectivity index (χ2v) is 5.41. The number of hydrogen-bond acceptors (Lipinski definition) is 3. The molecule has 0 saturated carbocycles. The predicted octanol–water partition coefficient (Wildman–Crippen LogP) is 2.06. The molecule has 0 aliphatic heterocycles. The zero-order chi connectivity index (χ0) is 15.9. The maximum atomic E-state index is 12.5. The lowest BCUT2D eigenvalue weighted by Gasteiger charge is -2.06. The highest BCUT2D eigenvalue weighted by Crippen LogP contribution is 2.23. The van der Waals surface area contributed by atoms with E-state index in [2.05, 4.69) is 4.98 Å². The minimum Gasteiger partial charge on any atom is -0.397 e. The largest absolute Gasteiger partial charge is 0.397 e. The van der Waals surface area contributed by atoms with Gasteiger partial charge < -0.3 is 10.7 Å². The molecule has 0 aliphatic carbocycles. The van der Waals surface area contributed by atoms with Crippen molar-refractivity contribution in [2.45, 2.75) is 26.8 Å². The summed E-state index contributed by atoms with van der Waals surface area (Å²) in [5.41, 5.74) is 8.81. The molecule has 3 N–H and O–H groups in total. The number of nitrogens with two attached hydrogens (primary N) is 1. The molecule has 0 radical (unpaired) electrons. The third kappa shape index (κ3) is 2.22. The SMILES string of the molecule is Cc1[nH]c(=O)n(CCC(=O)n2cc(N)c3ccccc32)c1C. The highest BCUT2D eigenvalue weighted by atomic mass is 16.2. The molecule has 0 bridgehead atoms. The number of para-hydroxylation sites is 1. The fourth-order valence-electron chi connectivity index (χ4n) is 2.68. The monoisotopic (exact) mass is 298 g/mol. The van der Waals surface area contributed by atoms with Crippen LogP contribution >= 0.6 is 0 Å². The molecule has 2 aromatic heterocycles. The molecule has 0 spiro atoms. The van der Waals surface area contributed by atoms with Gasteiger partial charge in [0.25, 0.3) is 0 Å². The van der Waals surface area contributed by atoms with E-state index in [1.807, 2.05) is 38.1 Å². The standard InChI is InChI=1S/C16H18N4O2/c1-10-11(2)19(16(22)18-10)8-7-15(21)20-9-13(17)12-5-3-4-6-14(12)20/h3-6,9H,7-8,17H2,1-2H3,(H,18,22). The van der Waals surface area contributed by atoms with Crippen LogP contribution < -0.4 is 11.4 Å². The highest BCUT2D eigenvalue weighted by Gasteiger charge is 2.13. The lowest BCUT2D eigenvalue weighted by Crippen LogP contribution is -2.21. The van der Waals surface area contributed by atoms with Gasteiger partial charge in [0.2, 0.25) is 5.91 Å². The minimum absolute atomic E-state index is 0.0851. The number of rotatable bonds is 3. The van der Waals surface area contributed by atoms with Crippen LogP contribution in [0.25, 0.3) is 10.9 Å². The number of fused-ring (bicyclic) bond motifs is 1. The van der Waals surface area contributed by atoms with Crippen molar-refractivity contribution in [1.29, 1.82) is 0 Å². The van der Waals surface area contributed by atoms with Gasteiger partial charge in [0.15, 0.2) is 0 Å². The molecule has 3 aromatic rings. The quantitative estimate of drug-likeness (QED) is 0.776. The Labute approximate surface area is 127 Å². The molecule has 114 valence electrons. The maximum absolute atomic E-state index is 12.5. The molecule has 0 amide bonds. The summed E-state index contributed by atoms with van der Waals surface area (Å²) >= 11 is 0. The third-order valence-corrected chi connectivity index (χ3v) is 4.05. The number of carbonyl (C=O) groups is 1. The number of nitrogens with one attached hydrogen (secondary N) is 1. The number of aromatic nitrogens is 3. The summed E-state index contributed by atoms with van der Waals surface area (Å²) in [5.74, 6) is -0.0851. The Bertz CT molecular complexity index is 914. The molecule has 3 rings (SSSR count). The van der Waals surface area contributed by atoms with Crippen molar-refractivity contribution in [3.05, 3.63) is 52.3 Å². The van der Waals surface area contributed by atoms with Crippen molar-refractivity contribution >= 4 is 22.5 Å². The van der Waals surface area contributed by atoms with E-state index < -0.39 is 0 Å². The van der Waals surface area contributed by atoms with Gasteiger partial charge in [-0.25, -0.2) is 4.79 Å². The van der Waals surface area contributed by atoms with Crippen molar-refractivity contribution in [3.8, 4) is 0 Å². The summed E-state index contributed by atoms with van der Waals surface area (Å²) in [6.07, 6.45) is 1.88. The number of carbonyl (C=O) groups excluding carboxylic acids is 1. The molecule has 0 unspecified atom stereocenters. The molecule has 22 heavy (non-hydrogen) atoms. The molecular weight excluding hydrogens is 280 g/mol. The number of hydrogen-bond donors (Lipinski definition) is 2. The molecule has 2 heterocycles. The van der Waals surface area contributed by atoms with Gasteiger partial charge in [-0.2, -0.15) is 0 Å². The van der Waals surface area contributed by atoms with E-state index in [0.29, 0.717) is 12.2 Å². The van der Waals surface area contributed by atoms with E-state index in [1.165, 1.54) is 0 Å². The van der Waals surface area contributed by atoms with Crippen LogP contribution in [0.2, 0.25) is 0 Å². The van der Waals surface area contributed by atoms with Crippen LogP contribution in [-0.4, -0.2) is 20.0 Å². The normalized spacial score (nSPS) is 11.2. The smallest absolute Gasteiger partial charge is 0.325 e. The predicted molar refractivity (Wildman–Crippen MR) is 86.1 cm³/mol. The molecule has 0 saturated heterocycles. The number of aromatic amines is 1. The first-order valence-corrected chi connectivity index (χ1v) is 7.14. The second-order valence-electron chi connectivity index (χ2n) is 5.41. The number of anilines is 1. The van der Waals surface area contributed by atoms with Gasteiger partial charge in [0.05, 0.1) is 11.2 Å². The summed E-state index contributed by atoms with van der Waals surface area (Å²) in [6, 6.07) is 7.51. The summed E-state index contributed by atoms with van der Waals surface area (Å²) in [7, 11) is 0. The van der Waals surface area contributed by atoms with Crippen LogP contribution in [0, 0.1) is 13.8 Å². The molecule has 0 aliphatic rings. The Hall–Kier alpha value is -2.76. The van der Waals surface area contributed by atoms with Crippen LogP contribution in [0.4, 0.5) is 5.69 Å². The number of nitrogens with zero attached hydrogens (tertiary/aromatic N) is 2. The van der Waals surface area contributed by atoms with Crippen LogP contribution in [0.15, 0.2) is 35.3 Å². The highest BCUT2D eigenvalue weighted by molar-refractivity contribution is 5.99. The lowest BCUT2D eigenvalue weighted by molar-refractivity contribution is 0.0901. The zero-order valence-corrected chi connectivity index (χ0v) is 12.6. The fraction of sp³-hybridized carbons (Fsp3) is 0.250. The summed E-state index contributed by atoms with van der Waals surface area (Å²) in [4.78, 5) is 27.0. The fourth-order valence-corrected chi connectivity index (χ4v) is 2.68. The first kappa shape index (κ1) is 14.2. The van der Waals surface area contributed by atoms with Gasteiger partial charge in [-0.15, -0.1) is 0 Å². The van der Waals surface area contributed by atoms with Crippen molar-refractivity contribution in [2.75, 3.05) is 5.73 Å². The van der Waals surface area contributed by atoms with Gasteiger partial charge in [0.1, 0.15) is 0 Å². The zero-order valence-electron chi connectivity index (χ0n) is 12.6. The summed E-state index contributed by atoms with van der Waals surface area (Å²) in [5, 5.41) is 0.863. The van der Waals surface area contributed by atoms with E-state index in [4.69, 9.17) is 5.73 Å². The molecule has 6 nitrogen and oxygen atoms in total. The van der Waals surface area contributed by atoms with Crippen LogP contribution in [0.3, 0.4) is 0 Å². The average Bonchev–Trinajstić information content (AvgIpc) is 2.96. The van der Waals surface area contributed by atoms with Gasteiger partial charge in [-0.3, -0.25) is 13.9 Å². The number of H-pyrrole nitrogens is 1. The van der Waals surface area contributed by atoms with Crippen LogP contribution in [0.5, 0.6) is 0 Å². The average molecular weight is 298 g/mol. The Kier molecular flexibility index (Phi) is 3.36. The number of nitrogen functional groups attached to an aromatic ring is 1. The van der Waals surface area contributed by atoms with Gasteiger partial charge in [0, 0.05) is 35.9 Å². The van der Waals surface area contributed by atoms with Crippen molar-refractivity contribution in [1.82, 2.24) is 14.1 Å². The molecular formula is C16H18N4O2. The van der Waals surface area contributed by atoms with E-state index >= 15 is 0 Å². The minimum atomic E-state index is -0.181. The summed E-state index contributed by atoms with van der Waals surface area (Å²) < 4.78 is 3.15. The van der Waals surface area contributed by atoms with Crippen molar-refractivity contribution in [3.63, 3.8) is 0 Å². The maximum Gasteiger partial charge on any atom is 0.325 e. The number of imidazole rings is 1. The lowest BCUT2D eigenvalue weighted by atomic mass is 10.2. The van der Waals surface area contributed by atoms with E-state index in [9.17, 15) is 9.59 Å². The molecule has 1 aromatic carbocycles. The topological polar surface area (TPSA) is 85.8 Å². The first-order valence-electron chi connectivity index (χ1n) is 7.14. The van der Waals surface area contributed by atoms with E-state index in [-0.39, 0.29) is 18.0 Å². The molecule has 6 heteroatoms.